The van der Waals surface area contributed by atoms with Gasteiger partial charge in [-0.05, 0) is 18.2 Å². The largest absolute Gasteiger partial charge is 0.378 e. The Labute approximate surface area is 198 Å². The van der Waals surface area contributed by atoms with E-state index in [0.717, 1.165) is 16.5 Å². The number of urea groups is 1. The van der Waals surface area contributed by atoms with Crippen LogP contribution < -0.4 is 5.32 Å². The van der Waals surface area contributed by atoms with Crippen LogP contribution in [0.4, 0.5) is 16.2 Å². The summed E-state index contributed by atoms with van der Waals surface area (Å²) < 4.78 is 5.30. The standard InChI is InChI=1S/C23H18N10O2/c1-24-17-2-3-26-21-19(17)29-22(30-21)18-16-9-14(11-27-20(16)32-31-18)13-8-15(12-25-10-13)28-23(34)33-4-6-35-7-5-33/h2-3,8-12H,4-7H2,(H,28,34)(H,26,29,30)(H,27,31,32). The molecule has 2 amide bonds. The van der Waals surface area contributed by atoms with E-state index in [1.54, 1.807) is 35.8 Å². The molecule has 0 unspecified atom stereocenters. The van der Waals surface area contributed by atoms with Crippen molar-refractivity contribution in [3.8, 4) is 22.6 Å². The first kappa shape index (κ1) is 20.7. The molecule has 12 nitrogen and oxygen atoms in total. The van der Waals surface area contributed by atoms with Crippen molar-refractivity contribution in [2.24, 2.45) is 0 Å². The third kappa shape index (κ3) is 3.79. The average molecular weight is 466 g/mol. The minimum Gasteiger partial charge on any atom is -0.378 e. The smallest absolute Gasteiger partial charge is 0.322 e. The molecule has 5 aromatic rings. The van der Waals surface area contributed by atoms with Crippen LogP contribution in [-0.4, -0.2) is 72.4 Å². The molecule has 0 aromatic carbocycles. The van der Waals surface area contributed by atoms with E-state index in [1.807, 2.05) is 12.1 Å². The fourth-order valence-corrected chi connectivity index (χ4v) is 3.98. The lowest BCUT2D eigenvalue weighted by Gasteiger charge is -2.26. The molecule has 1 fully saturated rings. The number of amides is 2. The summed E-state index contributed by atoms with van der Waals surface area (Å²) in [5.74, 6) is 0.509. The van der Waals surface area contributed by atoms with Gasteiger partial charge in [-0.1, -0.05) is 0 Å². The van der Waals surface area contributed by atoms with E-state index < -0.39 is 0 Å². The molecule has 3 N–H and O–H groups in total. The molecule has 1 saturated heterocycles. The first-order chi connectivity index (χ1) is 17.2. The Bertz CT molecular complexity index is 1610. The highest BCUT2D eigenvalue weighted by atomic mass is 16.5. The van der Waals surface area contributed by atoms with E-state index >= 15 is 0 Å². The molecule has 172 valence electrons. The molecule has 5 aromatic heterocycles. The fourth-order valence-electron chi connectivity index (χ4n) is 3.98. The van der Waals surface area contributed by atoms with Crippen LogP contribution in [0.3, 0.4) is 0 Å². The van der Waals surface area contributed by atoms with Gasteiger partial charge in [0.25, 0.3) is 0 Å². The van der Waals surface area contributed by atoms with E-state index in [2.05, 4.69) is 45.3 Å². The Hall–Kier alpha value is -4.89. The number of rotatable bonds is 3. The molecule has 35 heavy (non-hydrogen) atoms. The number of carbonyl (C=O) groups excluding carboxylic acids is 1. The summed E-state index contributed by atoms with van der Waals surface area (Å²) in [7, 11) is 0. The van der Waals surface area contributed by atoms with Crippen molar-refractivity contribution < 1.29 is 9.53 Å². The molecule has 1 aliphatic heterocycles. The second-order valence-electron chi connectivity index (χ2n) is 7.91. The molecular formula is C23H18N10O2. The number of morpholine rings is 1. The third-order valence-corrected chi connectivity index (χ3v) is 5.76. The number of H-pyrrole nitrogens is 2. The molecule has 0 saturated carbocycles. The summed E-state index contributed by atoms with van der Waals surface area (Å²) in [6.45, 7) is 9.53. The molecule has 0 atom stereocenters. The Morgan fingerprint density at radius 3 is 2.83 bits per heavy atom. The zero-order chi connectivity index (χ0) is 23.8. The van der Waals surface area contributed by atoms with Crippen molar-refractivity contribution in [3.63, 3.8) is 0 Å². The highest BCUT2D eigenvalue weighted by Crippen LogP contribution is 2.31. The number of anilines is 1. The molecule has 6 heterocycles. The van der Waals surface area contributed by atoms with Gasteiger partial charge in [0.15, 0.2) is 17.1 Å². The molecule has 0 bridgehead atoms. The van der Waals surface area contributed by atoms with Gasteiger partial charge in [-0.25, -0.2) is 24.6 Å². The predicted molar refractivity (Wildman–Crippen MR) is 128 cm³/mol. The van der Waals surface area contributed by atoms with Gasteiger partial charge in [-0.3, -0.25) is 10.1 Å². The number of nitrogens with zero attached hydrogens (tertiary/aromatic N) is 7. The topological polar surface area (TPSA) is 142 Å². The Morgan fingerprint density at radius 1 is 1.11 bits per heavy atom. The zero-order valence-corrected chi connectivity index (χ0v) is 18.3. The number of pyridine rings is 3. The number of carbonyl (C=O) groups is 1. The number of aromatic amines is 2. The van der Waals surface area contributed by atoms with Crippen LogP contribution in [0.5, 0.6) is 0 Å². The number of hydrogen-bond acceptors (Lipinski definition) is 7. The molecule has 6 rings (SSSR count). The van der Waals surface area contributed by atoms with Crippen molar-refractivity contribution in [2.75, 3.05) is 31.6 Å². The average Bonchev–Trinajstić information content (AvgIpc) is 3.53. The molecule has 0 radical (unpaired) electrons. The maximum Gasteiger partial charge on any atom is 0.322 e. The van der Waals surface area contributed by atoms with E-state index in [-0.39, 0.29) is 6.03 Å². The Balaban J connectivity index is 1.33. The highest BCUT2D eigenvalue weighted by molar-refractivity contribution is 5.95. The summed E-state index contributed by atoms with van der Waals surface area (Å²) in [6.07, 6.45) is 6.57. The lowest BCUT2D eigenvalue weighted by molar-refractivity contribution is 0.0564. The van der Waals surface area contributed by atoms with E-state index in [9.17, 15) is 4.79 Å². The first-order valence-corrected chi connectivity index (χ1v) is 10.9. The van der Waals surface area contributed by atoms with Crippen LogP contribution in [0.2, 0.25) is 0 Å². The highest BCUT2D eigenvalue weighted by Gasteiger charge is 2.18. The minimum absolute atomic E-state index is 0.185. The van der Waals surface area contributed by atoms with Crippen LogP contribution in [0.1, 0.15) is 0 Å². The summed E-state index contributed by atoms with van der Waals surface area (Å²) >= 11 is 0. The Kier molecular flexibility index (Phi) is 5.01. The lowest BCUT2D eigenvalue weighted by atomic mass is 10.1. The SMILES string of the molecule is [C-]#[N+]c1ccnc2nc(-c3[nH]nc4ncc(-c5cncc(NC(=O)N6CCOCC6)c5)cc34)[nH]c12. The molecule has 0 spiro atoms. The lowest BCUT2D eigenvalue weighted by Crippen LogP contribution is -2.43. The normalized spacial score (nSPS) is 13.7. The van der Waals surface area contributed by atoms with Crippen LogP contribution in [0.25, 0.3) is 49.7 Å². The molecular weight excluding hydrogens is 448 g/mol. The number of hydrogen-bond donors (Lipinski definition) is 3. The number of imidazole rings is 1. The van der Waals surface area contributed by atoms with E-state index in [4.69, 9.17) is 11.3 Å². The van der Waals surface area contributed by atoms with Crippen molar-refractivity contribution in [3.05, 3.63) is 54.4 Å². The number of nitrogens with one attached hydrogen (secondary N) is 3. The molecule has 1 aliphatic rings. The van der Waals surface area contributed by atoms with Gasteiger partial charge in [0.05, 0.1) is 42.6 Å². The predicted octanol–water partition coefficient (Wildman–Crippen LogP) is 3.37. The maximum absolute atomic E-state index is 12.5. The number of aromatic nitrogens is 7. The van der Waals surface area contributed by atoms with Crippen molar-refractivity contribution >= 4 is 39.6 Å². The van der Waals surface area contributed by atoms with E-state index in [0.29, 0.717) is 66.0 Å². The van der Waals surface area contributed by atoms with Gasteiger partial charge in [0.2, 0.25) is 5.69 Å². The molecule has 0 aliphatic carbocycles. The second-order valence-corrected chi connectivity index (χ2v) is 7.91. The van der Waals surface area contributed by atoms with Crippen LogP contribution in [0.15, 0.2) is 43.0 Å². The third-order valence-electron chi connectivity index (χ3n) is 5.76. The monoisotopic (exact) mass is 466 g/mol. The quantitative estimate of drug-likeness (QED) is 0.346. The summed E-state index contributed by atoms with van der Waals surface area (Å²) in [5.41, 5.74) is 4.78. The van der Waals surface area contributed by atoms with Crippen molar-refractivity contribution in [1.82, 2.24) is 40.0 Å². The van der Waals surface area contributed by atoms with Gasteiger partial charge in [0, 0.05) is 42.8 Å². The minimum atomic E-state index is -0.185. The van der Waals surface area contributed by atoms with Crippen LogP contribution >= 0.6 is 0 Å². The van der Waals surface area contributed by atoms with Crippen LogP contribution in [0, 0.1) is 6.57 Å². The number of fused-ring (bicyclic) bond motifs is 2. The van der Waals surface area contributed by atoms with Gasteiger partial charge >= 0.3 is 6.03 Å². The van der Waals surface area contributed by atoms with Gasteiger partial charge < -0.3 is 19.9 Å². The van der Waals surface area contributed by atoms with Crippen molar-refractivity contribution in [2.45, 2.75) is 0 Å². The summed E-state index contributed by atoms with van der Waals surface area (Å²) in [5, 5.41) is 10.9. The first-order valence-electron chi connectivity index (χ1n) is 10.9. The molecule has 12 heteroatoms. The van der Waals surface area contributed by atoms with Gasteiger partial charge in [-0.2, -0.15) is 5.10 Å². The Morgan fingerprint density at radius 2 is 1.97 bits per heavy atom. The fraction of sp³-hybridized carbons (Fsp3) is 0.174. The summed E-state index contributed by atoms with van der Waals surface area (Å²) in [4.78, 5) is 38.5. The second kappa shape index (κ2) is 8.47. The number of ether oxygens (including phenoxy) is 1. The van der Waals surface area contributed by atoms with Crippen molar-refractivity contribution in [1.29, 1.82) is 0 Å². The zero-order valence-electron chi connectivity index (χ0n) is 18.3. The van der Waals surface area contributed by atoms with Gasteiger partial charge in [0.1, 0.15) is 5.69 Å². The maximum atomic E-state index is 12.5. The van der Waals surface area contributed by atoms with Crippen LogP contribution in [-0.2, 0) is 4.74 Å². The summed E-state index contributed by atoms with van der Waals surface area (Å²) in [6, 6.07) is 5.23. The van der Waals surface area contributed by atoms with Gasteiger partial charge in [-0.15, -0.1) is 0 Å². The van der Waals surface area contributed by atoms with E-state index in [1.165, 1.54) is 0 Å².